The molecule has 4 heteroatoms. The molecule has 0 aliphatic carbocycles. The van der Waals surface area contributed by atoms with Crippen LogP contribution in [0.2, 0.25) is 0 Å². The quantitative estimate of drug-likeness (QED) is 0.815. The van der Waals surface area contributed by atoms with E-state index in [1.54, 1.807) is 18.4 Å². The van der Waals surface area contributed by atoms with Gasteiger partial charge in [-0.05, 0) is 20.4 Å². The highest BCUT2D eigenvalue weighted by atomic mass is 32.1. The average molecular weight is 214 g/mol. The first-order valence-electron chi connectivity index (χ1n) is 4.88. The summed E-state index contributed by atoms with van der Waals surface area (Å²) in [6.07, 6.45) is 1.10. The van der Waals surface area contributed by atoms with Crippen LogP contribution in [-0.4, -0.2) is 19.1 Å². The maximum atomic E-state index is 5.25. The van der Waals surface area contributed by atoms with Gasteiger partial charge in [-0.1, -0.05) is 6.92 Å². The van der Waals surface area contributed by atoms with Crippen molar-refractivity contribution in [1.82, 2.24) is 10.3 Å². The van der Waals surface area contributed by atoms with Gasteiger partial charge in [-0.15, -0.1) is 11.3 Å². The molecule has 1 aromatic heterocycles. The van der Waals surface area contributed by atoms with Gasteiger partial charge in [-0.25, -0.2) is 4.98 Å². The van der Waals surface area contributed by atoms with Crippen molar-refractivity contribution in [2.45, 2.75) is 32.9 Å². The van der Waals surface area contributed by atoms with Crippen molar-refractivity contribution in [2.75, 3.05) is 14.2 Å². The lowest BCUT2D eigenvalue weighted by Gasteiger charge is -2.03. The maximum absolute atomic E-state index is 5.25. The fraction of sp³-hybridized carbons (Fsp3) is 0.700. The molecule has 3 nitrogen and oxygen atoms in total. The Morgan fingerprint density at radius 2 is 2.29 bits per heavy atom. The maximum Gasteiger partial charge on any atom is 0.122 e. The molecule has 1 N–H and O–H groups in total. The van der Waals surface area contributed by atoms with Crippen molar-refractivity contribution >= 4 is 11.3 Å². The number of methoxy groups -OCH3 is 1. The van der Waals surface area contributed by atoms with Crippen LogP contribution in [0, 0.1) is 0 Å². The highest BCUT2D eigenvalue weighted by Gasteiger charge is 2.13. The molecule has 0 saturated heterocycles. The molecule has 0 aliphatic heterocycles. The lowest BCUT2D eigenvalue weighted by atomic mass is 10.3. The van der Waals surface area contributed by atoms with E-state index < -0.39 is 0 Å². The van der Waals surface area contributed by atoms with Gasteiger partial charge < -0.3 is 10.1 Å². The van der Waals surface area contributed by atoms with Crippen LogP contribution in [0.25, 0.3) is 0 Å². The third-order valence-electron chi connectivity index (χ3n) is 2.17. The largest absolute Gasteiger partial charge is 0.375 e. The monoisotopic (exact) mass is 214 g/mol. The Kier molecular flexibility index (Phi) is 4.51. The first-order valence-corrected chi connectivity index (χ1v) is 5.70. The Bertz CT molecular complexity index is 286. The van der Waals surface area contributed by atoms with Crippen LogP contribution >= 0.6 is 11.3 Å². The summed E-state index contributed by atoms with van der Waals surface area (Å²) in [4.78, 5) is 5.90. The fourth-order valence-electron chi connectivity index (χ4n) is 1.25. The van der Waals surface area contributed by atoms with Gasteiger partial charge >= 0.3 is 0 Å². The molecule has 0 aromatic carbocycles. The summed E-state index contributed by atoms with van der Waals surface area (Å²) in [5.74, 6) is 0. The second kappa shape index (κ2) is 5.44. The van der Waals surface area contributed by atoms with Crippen LogP contribution in [0.15, 0.2) is 0 Å². The zero-order valence-electron chi connectivity index (χ0n) is 9.26. The number of nitrogens with one attached hydrogen (secondary N) is 1. The average Bonchev–Trinajstić information content (AvgIpc) is 2.60. The summed E-state index contributed by atoms with van der Waals surface area (Å²) in [7, 11) is 3.67. The second-order valence-electron chi connectivity index (χ2n) is 3.18. The molecule has 0 amide bonds. The molecule has 1 aromatic rings. The summed E-state index contributed by atoms with van der Waals surface area (Å²) in [6, 6.07) is 0. The molecular weight excluding hydrogens is 196 g/mol. The SMILES string of the molecule is CCc1nc(C(C)OC)sc1CNC. The number of aryl methyl sites for hydroxylation is 1. The van der Waals surface area contributed by atoms with Crippen molar-refractivity contribution in [2.24, 2.45) is 0 Å². The molecule has 1 unspecified atom stereocenters. The molecule has 0 spiro atoms. The van der Waals surface area contributed by atoms with Gasteiger partial charge in [0, 0.05) is 18.5 Å². The van der Waals surface area contributed by atoms with Gasteiger partial charge in [0.2, 0.25) is 0 Å². The van der Waals surface area contributed by atoms with E-state index in [0.717, 1.165) is 18.0 Å². The van der Waals surface area contributed by atoms with Crippen LogP contribution in [0.1, 0.15) is 35.5 Å². The number of rotatable bonds is 5. The smallest absolute Gasteiger partial charge is 0.122 e. The highest BCUT2D eigenvalue weighted by molar-refractivity contribution is 7.11. The summed E-state index contributed by atoms with van der Waals surface area (Å²) >= 11 is 1.74. The van der Waals surface area contributed by atoms with E-state index in [1.165, 1.54) is 10.6 Å². The van der Waals surface area contributed by atoms with Crippen molar-refractivity contribution in [3.63, 3.8) is 0 Å². The van der Waals surface area contributed by atoms with E-state index in [0.29, 0.717) is 0 Å². The van der Waals surface area contributed by atoms with Crippen molar-refractivity contribution in [1.29, 1.82) is 0 Å². The fourth-order valence-corrected chi connectivity index (χ4v) is 2.45. The Balaban J connectivity index is 2.88. The van der Waals surface area contributed by atoms with Gasteiger partial charge in [0.1, 0.15) is 11.1 Å². The van der Waals surface area contributed by atoms with E-state index in [9.17, 15) is 0 Å². The Hall–Kier alpha value is -0.450. The van der Waals surface area contributed by atoms with E-state index in [4.69, 9.17) is 4.74 Å². The number of nitrogens with zero attached hydrogens (tertiary/aromatic N) is 1. The molecule has 80 valence electrons. The minimum absolute atomic E-state index is 0.107. The van der Waals surface area contributed by atoms with Crippen LogP contribution in [0.4, 0.5) is 0 Å². The first-order chi connectivity index (χ1) is 6.72. The molecule has 1 heterocycles. The van der Waals surface area contributed by atoms with Crippen LogP contribution < -0.4 is 5.32 Å². The van der Waals surface area contributed by atoms with Gasteiger partial charge in [0.05, 0.1) is 5.69 Å². The van der Waals surface area contributed by atoms with Crippen LogP contribution in [0.5, 0.6) is 0 Å². The molecule has 0 radical (unpaired) electrons. The second-order valence-corrected chi connectivity index (χ2v) is 4.30. The van der Waals surface area contributed by atoms with Crippen LogP contribution in [-0.2, 0) is 17.7 Å². The van der Waals surface area contributed by atoms with E-state index in [1.807, 2.05) is 14.0 Å². The normalized spacial score (nSPS) is 13.1. The highest BCUT2D eigenvalue weighted by Crippen LogP contribution is 2.25. The number of ether oxygens (including phenoxy) is 1. The zero-order chi connectivity index (χ0) is 10.6. The third-order valence-corrected chi connectivity index (χ3v) is 3.43. The minimum atomic E-state index is 0.107. The summed E-state index contributed by atoms with van der Waals surface area (Å²) in [5.41, 5.74) is 1.20. The van der Waals surface area contributed by atoms with E-state index >= 15 is 0 Å². The first kappa shape index (κ1) is 11.6. The summed E-state index contributed by atoms with van der Waals surface area (Å²) < 4.78 is 5.25. The predicted molar refractivity (Wildman–Crippen MR) is 59.7 cm³/mol. The van der Waals surface area contributed by atoms with Crippen molar-refractivity contribution in [3.8, 4) is 0 Å². The number of hydrogen-bond donors (Lipinski definition) is 1. The number of aromatic nitrogens is 1. The Morgan fingerprint density at radius 1 is 1.57 bits per heavy atom. The van der Waals surface area contributed by atoms with Crippen LogP contribution in [0.3, 0.4) is 0 Å². The zero-order valence-corrected chi connectivity index (χ0v) is 10.1. The molecule has 1 rings (SSSR count). The molecule has 0 fully saturated rings. The number of hydrogen-bond acceptors (Lipinski definition) is 4. The predicted octanol–water partition coefficient (Wildman–Crippen LogP) is 2.13. The van der Waals surface area contributed by atoms with Gasteiger partial charge in [0.15, 0.2) is 0 Å². The third kappa shape index (κ3) is 2.53. The molecule has 0 bridgehead atoms. The lowest BCUT2D eigenvalue weighted by Crippen LogP contribution is -2.05. The van der Waals surface area contributed by atoms with Gasteiger partial charge in [-0.2, -0.15) is 0 Å². The van der Waals surface area contributed by atoms with Gasteiger partial charge in [0.25, 0.3) is 0 Å². The number of thiazole rings is 1. The topological polar surface area (TPSA) is 34.1 Å². The molecule has 0 saturated carbocycles. The van der Waals surface area contributed by atoms with Crippen molar-refractivity contribution < 1.29 is 4.74 Å². The lowest BCUT2D eigenvalue weighted by molar-refractivity contribution is 0.119. The van der Waals surface area contributed by atoms with Gasteiger partial charge in [-0.3, -0.25) is 0 Å². The molecular formula is C10H18N2OS. The minimum Gasteiger partial charge on any atom is -0.375 e. The summed E-state index contributed by atoms with van der Waals surface area (Å²) in [6.45, 7) is 5.06. The molecule has 0 aliphatic rings. The Labute approximate surface area is 89.5 Å². The summed E-state index contributed by atoms with van der Waals surface area (Å²) in [5, 5.41) is 4.24. The van der Waals surface area contributed by atoms with E-state index in [2.05, 4.69) is 17.2 Å². The standard InChI is InChI=1S/C10H18N2OS/c1-5-8-9(6-11-3)14-10(12-8)7(2)13-4/h7,11H,5-6H2,1-4H3. The molecule has 1 atom stereocenters. The van der Waals surface area contributed by atoms with E-state index in [-0.39, 0.29) is 6.10 Å². The van der Waals surface area contributed by atoms with Crippen molar-refractivity contribution in [3.05, 3.63) is 15.6 Å². The molecule has 14 heavy (non-hydrogen) atoms. The Morgan fingerprint density at radius 3 is 2.79 bits per heavy atom.